The maximum absolute atomic E-state index is 12.8. The third-order valence-corrected chi connectivity index (χ3v) is 5.89. The third-order valence-electron chi connectivity index (χ3n) is 4.49. The van der Waals surface area contributed by atoms with Gasteiger partial charge in [-0.25, -0.2) is 18.1 Å². The SMILES string of the molecule is O=C(CNS(=O)(=O)c1cccc(C(F)(F)F)c1)N1CCN(c2ccccn2)CC1. The molecule has 0 spiro atoms. The highest BCUT2D eigenvalue weighted by atomic mass is 32.2. The fourth-order valence-electron chi connectivity index (χ4n) is 2.92. The molecule has 156 valence electrons. The standard InChI is InChI=1S/C18H19F3N4O3S/c19-18(20,21)14-4-3-5-15(12-14)29(27,28)23-13-17(26)25-10-8-24(9-11-25)16-6-1-2-7-22-16/h1-7,12,23H,8-11,13H2. The van der Waals surface area contributed by atoms with E-state index in [1.54, 1.807) is 12.3 Å². The van der Waals surface area contributed by atoms with Crippen molar-refractivity contribution < 1.29 is 26.4 Å². The highest BCUT2D eigenvalue weighted by Gasteiger charge is 2.32. The molecule has 1 fully saturated rings. The van der Waals surface area contributed by atoms with Gasteiger partial charge in [0.15, 0.2) is 0 Å². The third kappa shape index (κ3) is 5.24. The zero-order chi connectivity index (χ0) is 21.1. The van der Waals surface area contributed by atoms with Crippen molar-refractivity contribution in [3.8, 4) is 0 Å². The Hall–Kier alpha value is -2.66. The van der Waals surface area contributed by atoms with Crippen molar-refractivity contribution in [3.05, 3.63) is 54.2 Å². The zero-order valence-corrected chi connectivity index (χ0v) is 16.1. The number of amides is 1. The molecule has 29 heavy (non-hydrogen) atoms. The number of rotatable bonds is 5. The van der Waals surface area contributed by atoms with Crippen molar-refractivity contribution in [2.45, 2.75) is 11.1 Å². The lowest BCUT2D eigenvalue weighted by molar-refractivity contribution is -0.137. The summed E-state index contributed by atoms with van der Waals surface area (Å²) in [5.74, 6) is 0.353. The minimum absolute atomic E-state index is 0.390. The number of hydrogen-bond donors (Lipinski definition) is 1. The fraction of sp³-hybridized carbons (Fsp3) is 0.333. The summed E-state index contributed by atoms with van der Waals surface area (Å²) in [6.07, 6.45) is -2.98. The monoisotopic (exact) mass is 428 g/mol. The molecular formula is C18H19F3N4O3S. The normalized spacial score (nSPS) is 15.4. The van der Waals surface area contributed by atoms with Crippen molar-refractivity contribution in [1.82, 2.24) is 14.6 Å². The summed E-state index contributed by atoms with van der Waals surface area (Å²) in [7, 11) is -4.25. The minimum atomic E-state index is -4.66. The Kier molecular flexibility index (Phi) is 6.08. The van der Waals surface area contributed by atoms with Gasteiger partial charge in [-0.2, -0.15) is 13.2 Å². The van der Waals surface area contributed by atoms with E-state index in [2.05, 4.69) is 9.71 Å². The second-order valence-corrected chi connectivity index (χ2v) is 8.17. The van der Waals surface area contributed by atoms with Crippen molar-refractivity contribution >= 4 is 21.7 Å². The molecule has 1 amide bonds. The Labute approximate surface area is 166 Å². The molecule has 0 atom stereocenters. The maximum atomic E-state index is 12.8. The topological polar surface area (TPSA) is 82.6 Å². The van der Waals surface area contributed by atoms with Crippen molar-refractivity contribution in [1.29, 1.82) is 0 Å². The molecule has 11 heteroatoms. The quantitative estimate of drug-likeness (QED) is 0.785. The van der Waals surface area contributed by atoms with E-state index >= 15 is 0 Å². The number of halogens is 3. The van der Waals surface area contributed by atoms with E-state index in [4.69, 9.17) is 0 Å². The van der Waals surface area contributed by atoms with Gasteiger partial charge in [-0.3, -0.25) is 4.79 Å². The van der Waals surface area contributed by atoms with Crippen LogP contribution in [0, 0.1) is 0 Å². The number of carbonyl (C=O) groups is 1. The van der Waals surface area contributed by atoms with Crippen LogP contribution < -0.4 is 9.62 Å². The van der Waals surface area contributed by atoms with Gasteiger partial charge in [0.1, 0.15) is 5.82 Å². The molecule has 0 unspecified atom stereocenters. The molecule has 2 heterocycles. The van der Waals surface area contributed by atoms with E-state index in [9.17, 15) is 26.4 Å². The number of pyridine rings is 1. The molecule has 0 aliphatic carbocycles. The number of alkyl halides is 3. The maximum Gasteiger partial charge on any atom is 0.416 e. The number of sulfonamides is 1. The second-order valence-electron chi connectivity index (χ2n) is 6.41. The molecule has 1 saturated heterocycles. The predicted molar refractivity (Wildman–Crippen MR) is 99.7 cm³/mol. The molecular weight excluding hydrogens is 409 g/mol. The van der Waals surface area contributed by atoms with E-state index < -0.39 is 39.1 Å². The lowest BCUT2D eigenvalue weighted by Gasteiger charge is -2.35. The number of piperazine rings is 1. The highest BCUT2D eigenvalue weighted by molar-refractivity contribution is 7.89. The van der Waals surface area contributed by atoms with E-state index in [-0.39, 0.29) is 0 Å². The van der Waals surface area contributed by atoms with Gasteiger partial charge in [-0.15, -0.1) is 0 Å². The Morgan fingerprint density at radius 3 is 2.41 bits per heavy atom. The van der Waals surface area contributed by atoms with Gasteiger partial charge < -0.3 is 9.80 Å². The van der Waals surface area contributed by atoms with Crippen molar-refractivity contribution in [3.63, 3.8) is 0 Å². The van der Waals surface area contributed by atoms with Gasteiger partial charge in [0, 0.05) is 32.4 Å². The Morgan fingerprint density at radius 2 is 1.79 bits per heavy atom. The summed E-state index contributed by atoms with van der Waals surface area (Å²) in [5.41, 5.74) is -1.07. The number of hydrogen-bond acceptors (Lipinski definition) is 5. The van der Waals surface area contributed by atoms with Crippen molar-refractivity contribution in [2.24, 2.45) is 0 Å². The van der Waals surface area contributed by atoms with Crippen LogP contribution in [-0.4, -0.2) is 56.9 Å². The molecule has 1 aliphatic heterocycles. The van der Waals surface area contributed by atoms with Crippen LogP contribution in [0.5, 0.6) is 0 Å². The molecule has 0 saturated carbocycles. The van der Waals surface area contributed by atoms with Gasteiger partial charge in [-0.05, 0) is 30.3 Å². The van der Waals surface area contributed by atoms with Crippen LogP contribution in [0.2, 0.25) is 0 Å². The van der Waals surface area contributed by atoms with E-state index in [0.29, 0.717) is 32.2 Å². The van der Waals surface area contributed by atoms with E-state index in [1.807, 2.05) is 17.0 Å². The first kappa shape index (κ1) is 21.1. The first-order valence-electron chi connectivity index (χ1n) is 8.77. The first-order chi connectivity index (χ1) is 13.7. The summed E-state index contributed by atoms with van der Waals surface area (Å²) >= 11 is 0. The van der Waals surface area contributed by atoms with Crippen LogP contribution >= 0.6 is 0 Å². The molecule has 1 aliphatic rings. The molecule has 1 aromatic carbocycles. The number of carbonyl (C=O) groups excluding carboxylic acids is 1. The van der Waals surface area contributed by atoms with Gasteiger partial charge in [-0.1, -0.05) is 12.1 Å². The summed E-state index contributed by atoms with van der Waals surface area (Å²) in [5, 5.41) is 0. The summed E-state index contributed by atoms with van der Waals surface area (Å²) in [6.45, 7) is 1.34. The summed E-state index contributed by atoms with van der Waals surface area (Å²) < 4.78 is 65.0. The van der Waals surface area contributed by atoms with Crippen LogP contribution in [0.15, 0.2) is 53.6 Å². The predicted octanol–water partition coefficient (Wildman–Crippen LogP) is 1.73. The molecule has 0 radical (unpaired) electrons. The minimum Gasteiger partial charge on any atom is -0.353 e. The van der Waals surface area contributed by atoms with Crippen molar-refractivity contribution in [2.75, 3.05) is 37.6 Å². The number of nitrogens with one attached hydrogen (secondary N) is 1. The van der Waals surface area contributed by atoms with E-state index in [1.165, 1.54) is 4.90 Å². The van der Waals surface area contributed by atoms with Crippen LogP contribution in [0.4, 0.5) is 19.0 Å². The number of anilines is 1. The number of nitrogens with zero attached hydrogens (tertiary/aromatic N) is 3. The second kappa shape index (κ2) is 8.37. The van der Waals surface area contributed by atoms with Gasteiger partial charge in [0.2, 0.25) is 15.9 Å². The lowest BCUT2D eigenvalue weighted by atomic mass is 10.2. The summed E-state index contributed by atoms with van der Waals surface area (Å²) in [4.78, 5) is 19.6. The molecule has 3 rings (SSSR count). The first-order valence-corrected chi connectivity index (χ1v) is 10.3. The van der Waals surface area contributed by atoms with Gasteiger partial charge in [0.25, 0.3) is 0 Å². The van der Waals surface area contributed by atoms with E-state index in [0.717, 1.165) is 24.0 Å². The average molecular weight is 428 g/mol. The number of aromatic nitrogens is 1. The molecule has 7 nitrogen and oxygen atoms in total. The Bertz CT molecular complexity index is 960. The lowest BCUT2D eigenvalue weighted by Crippen LogP contribution is -2.51. The van der Waals surface area contributed by atoms with Crippen LogP contribution in [0.3, 0.4) is 0 Å². The Balaban J connectivity index is 1.57. The van der Waals surface area contributed by atoms with Crippen LogP contribution in [0.25, 0.3) is 0 Å². The van der Waals surface area contributed by atoms with Crippen LogP contribution in [-0.2, 0) is 21.0 Å². The van der Waals surface area contributed by atoms with Crippen LogP contribution in [0.1, 0.15) is 5.56 Å². The zero-order valence-electron chi connectivity index (χ0n) is 15.3. The van der Waals surface area contributed by atoms with Gasteiger partial charge >= 0.3 is 6.18 Å². The highest BCUT2D eigenvalue weighted by Crippen LogP contribution is 2.30. The largest absolute Gasteiger partial charge is 0.416 e. The molecule has 2 aromatic rings. The fourth-order valence-corrected chi connectivity index (χ4v) is 3.94. The molecule has 0 bridgehead atoms. The molecule has 1 aromatic heterocycles. The Morgan fingerprint density at radius 1 is 1.07 bits per heavy atom. The molecule has 1 N–H and O–H groups in total. The summed E-state index contributed by atoms with van der Waals surface area (Å²) in [6, 6.07) is 8.91. The average Bonchev–Trinajstić information content (AvgIpc) is 2.72. The smallest absolute Gasteiger partial charge is 0.353 e. The van der Waals surface area contributed by atoms with Gasteiger partial charge in [0.05, 0.1) is 17.0 Å². The number of benzene rings is 1.